The second kappa shape index (κ2) is 6.88. The summed E-state index contributed by atoms with van der Waals surface area (Å²) in [7, 11) is 4.31. The first kappa shape index (κ1) is 15.0. The maximum absolute atomic E-state index is 3.58. The highest BCUT2D eigenvalue weighted by atomic mass is 15.3. The lowest BCUT2D eigenvalue weighted by Gasteiger charge is -2.41. The molecular weight excluding hydrogens is 260 g/mol. The van der Waals surface area contributed by atoms with Crippen LogP contribution in [0.4, 0.5) is 0 Å². The molecule has 1 saturated heterocycles. The number of nitrogens with one attached hydrogen (secondary N) is 1. The van der Waals surface area contributed by atoms with Crippen LogP contribution in [0.3, 0.4) is 0 Å². The van der Waals surface area contributed by atoms with Crippen molar-refractivity contribution in [3.8, 4) is 0 Å². The molecule has 116 valence electrons. The Morgan fingerprint density at radius 3 is 2.67 bits per heavy atom. The number of likely N-dealkylation sites (N-methyl/N-ethyl adjacent to an activating group) is 1. The van der Waals surface area contributed by atoms with E-state index in [1.807, 2.05) is 0 Å². The molecule has 0 aromatic heterocycles. The molecule has 0 bridgehead atoms. The quantitative estimate of drug-likeness (QED) is 0.892. The zero-order valence-corrected chi connectivity index (χ0v) is 13.4. The lowest BCUT2D eigenvalue weighted by Crippen LogP contribution is -2.51. The molecule has 0 saturated carbocycles. The first-order valence-electron chi connectivity index (χ1n) is 8.13. The summed E-state index contributed by atoms with van der Waals surface area (Å²) in [6.07, 6.45) is 0. The molecule has 2 aliphatic heterocycles. The van der Waals surface area contributed by atoms with Gasteiger partial charge in [-0.2, -0.15) is 0 Å². The van der Waals surface area contributed by atoms with E-state index in [2.05, 4.69) is 58.4 Å². The van der Waals surface area contributed by atoms with Crippen molar-refractivity contribution in [1.82, 2.24) is 20.0 Å². The van der Waals surface area contributed by atoms with E-state index in [1.54, 1.807) is 0 Å². The molecule has 1 fully saturated rings. The largest absolute Gasteiger partial charge is 0.311 e. The van der Waals surface area contributed by atoms with Gasteiger partial charge >= 0.3 is 0 Å². The monoisotopic (exact) mass is 288 g/mol. The number of piperazine rings is 1. The van der Waals surface area contributed by atoms with Crippen molar-refractivity contribution in [3.63, 3.8) is 0 Å². The van der Waals surface area contributed by atoms with Crippen molar-refractivity contribution in [1.29, 1.82) is 0 Å². The van der Waals surface area contributed by atoms with Crippen LogP contribution in [-0.2, 0) is 6.54 Å². The predicted molar refractivity (Wildman–Crippen MR) is 87.5 cm³/mol. The van der Waals surface area contributed by atoms with E-state index in [4.69, 9.17) is 0 Å². The first-order chi connectivity index (χ1) is 10.2. The summed E-state index contributed by atoms with van der Waals surface area (Å²) < 4.78 is 0. The van der Waals surface area contributed by atoms with Crippen LogP contribution >= 0.6 is 0 Å². The van der Waals surface area contributed by atoms with Crippen molar-refractivity contribution in [3.05, 3.63) is 35.4 Å². The van der Waals surface area contributed by atoms with Gasteiger partial charge in [-0.1, -0.05) is 24.3 Å². The molecule has 1 aromatic carbocycles. The van der Waals surface area contributed by atoms with E-state index >= 15 is 0 Å². The summed E-state index contributed by atoms with van der Waals surface area (Å²) in [6.45, 7) is 9.25. The summed E-state index contributed by atoms with van der Waals surface area (Å²) in [6, 6.07) is 9.49. The molecule has 1 N–H and O–H groups in total. The van der Waals surface area contributed by atoms with Gasteiger partial charge in [0, 0.05) is 58.4 Å². The normalized spacial score (nSPS) is 24.2. The van der Waals surface area contributed by atoms with Crippen LogP contribution in [0.1, 0.15) is 17.2 Å². The molecule has 0 spiro atoms. The fourth-order valence-electron chi connectivity index (χ4n) is 3.44. The van der Waals surface area contributed by atoms with Gasteiger partial charge in [0.25, 0.3) is 0 Å². The average molecular weight is 288 g/mol. The van der Waals surface area contributed by atoms with Crippen LogP contribution < -0.4 is 5.32 Å². The number of benzene rings is 1. The average Bonchev–Trinajstić information content (AvgIpc) is 2.53. The number of hydrogen-bond donors (Lipinski definition) is 1. The standard InChI is InChI=1S/C17H28N4/c1-19(2)7-8-20-9-11-21(12-10-20)17-14-18-13-15-5-3-4-6-16(15)17/h3-6,17-18H,7-14H2,1-2H3. The van der Waals surface area contributed by atoms with Crippen molar-refractivity contribution in [2.45, 2.75) is 12.6 Å². The summed E-state index contributed by atoms with van der Waals surface area (Å²) in [4.78, 5) is 7.53. The molecule has 2 heterocycles. The van der Waals surface area contributed by atoms with Crippen LogP contribution in [0.25, 0.3) is 0 Å². The van der Waals surface area contributed by atoms with E-state index in [0.717, 1.165) is 19.6 Å². The van der Waals surface area contributed by atoms with Crippen molar-refractivity contribution < 1.29 is 0 Å². The Bertz CT molecular complexity index is 452. The summed E-state index contributed by atoms with van der Waals surface area (Å²) in [5, 5.41) is 3.58. The van der Waals surface area contributed by atoms with Crippen molar-refractivity contribution in [2.75, 3.05) is 59.9 Å². The van der Waals surface area contributed by atoms with E-state index in [0.29, 0.717) is 6.04 Å². The second-order valence-electron chi connectivity index (χ2n) is 6.53. The maximum Gasteiger partial charge on any atom is 0.0477 e. The summed E-state index contributed by atoms with van der Waals surface area (Å²) in [5.74, 6) is 0. The second-order valence-corrected chi connectivity index (χ2v) is 6.53. The number of nitrogens with zero attached hydrogens (tertiary/aromatic N) is 3. The molecular formula is C17H28N4. The zero-order valence-electron chi connectivity index (χ0n) is 13.4. The third-order valence-electron chi connectivity index (χ3n) is 4.78. The molecule has 1 aromatic rings. The fraction of sp³-hybridized carbons (Fsp3) is 0.647. The van der Waals surface area contributed by atoms with Crippen LogP contribution in [0.15, 0.2) is 24.3 Å². The third kappa shape index (κ3) is 3.64. The van der Waals surface area contributed by atoms with Gasteiger partial charge in [-0.15, -0.1) is 0 Å². The minimum Gasteiger partial charge on any atom is -0.311 e. The first-order valence-corrected chi connectivity index (χ1v) is 8.13. The fourth-order valence-corrected chi connectivity index (χ4v) is 3.44. The Morgan fingerprint density at radius 1 is 1.14 bits per heavy atom. The number of rotatable bonds is 4. The number of hydrogen-bond acceptors (Lipinski definition) is 4. The maximum atomic E-state index is 3.58. The zero-order chi connectivity index (χ0) is 14.7. The lowest BCUT2D eigenvalue weighted by atomic mass is 9.95. The van der Waals surface area contributed by atoms with E-state index in [1.165, 1.54) is 43.9 Å². The molecule has 1 unspecified atom stereocenters. The Morgan fingerprint density at radius 2 is 1.90 bits per heavy atom. The van der Waals surface area contributed by atoms with Crippen LogP contribution in [0.2, 0.25) is 0 Å². The highest BCUT2D eigenvalue weighted by Gasteiger charge is 2.28. The van der Waals surface area contributed by atoms with Crippen molar-refractivity contribution >= 4 is 0 Å². The SMILES string of the molecule is CN(C)CCN1CCN(C2CNCc3ccccc32)CC1. The summed E-state index contributed by atoms with van der Waals surface area (Å²) >= 11 is 0. The van der Waals surface area contributed by atoms with E-state index in [9.17, 15) is 0 Å². The molecule has 0 amide bonds. The van der Waals surface area contributed by atoms with Gasteiger partial charge in [0.2, 0.25) is 0 Å². The van der Waals surface area contributed by atoms with Gasteiger partial charge in [0.1, 0.15) is 0 Å². The highest BCUT2D eigenvalue weighted by molar-refractivity contribution is 5.32. The Hall–Kier alpha value is -0.940. The summed E-state index contributed by atoms with van der Waals surface area (Å²) in [5.41, 5.74) is 3.02. The molecule has 0 aliphatic carbocycles. The van der Waals surface area contributed by atoms with Gasteiger partial charge in [0.05, 0.1) is 0 Å². The minimum atomic E-state index is 0.561. The third-order valence-corrected chi connectivity index (χ3v) is 4.78. The predicted octanol–water partition coefficient (Wildman–Crippen LogP) is 1.01. The van der Waals surface area contributed by atoms with Crippen molar-refractivity contribution in [2.24, 2.45) is 0 Å². The highest BCUT2D eigenvalue weighted by Crippen LogP contribution is 2.27. The molecule has 3 rings (SSSR count). The van der Waals surface area contributed by atoms with Gasteiger partial charge in [-0.25, -0.2) is 0 Å². The number of fused-ring (bicyclic) bond motifs is 1. The van der Waals surface area contributed by atoms with Gasteiger partial charge < -0.3 is 10.2 Å². The Balaban J connectivity index is 1.58. The molecule has 4 nitrogen and oxygen atoms in total. The molecule has 1 atom stereocenters. The van der Waals surface area contributed by atoms with E-state index in [-0.39, 0.29) is 0 Å². The molecule has 21 heavy (non-hydrogen) atoms. The van der Waals surface area contributed by atoms with E-state index < -0.39 is 0 Å². The van der Waals surface area contributed by atoms with Crippen LogP contribution in [-0.4, -0.2) is 74.6 Å². The van der Waals surface area contributed by atoms with Gasteiger partial charge in [-0.05, 0) is 25.2 Å². The Kier molecular flexibility index (Phi) is 4.91. The Labute approximate surface area is 128 Å². The molecule has 0 radical (unpaired) electrons. The molecule has 4 heteroatoms. The van der Waals surface area contributed by atoms with Gasteiger partial charge in [0.15, 0.2) is 0 Å². The topological polar surface area (TPSA) is 21.8 Å². The van der Waals surface area contributed by atoms with Gasteiger partial charge in [-0.3, -0.25) is 9.80 Å². The molecule has 2 aliphatic rings. The minimum absolute atomic E-state index is 0.561. The van der Waals surface area contributed by atoms with Crippen LogP contribution in [0, 0.1) is 0 Å². The smallest absolute Gasteiger partial charge is 0.0477 e. The lowest BCUT2D eigenvalue weighted by molar-refractivity contribution is 0.0877. The van der Waals surface area contributed by atoms with Crippen LogP contribution in [0.5, 0.6) is 0 Å².